The predicted octanol–water partition coefficient (Wildman–Crippen LogP) is -1.41. The number of carbonyl (C=O) groups is 3. The molecule has 0 radical (unpaired) electrons. The van der Waals surface area contributed by atoms with Gasteiger partial charge >= 0.3 is 5.97 Å². The van der Waals surface area contributed by atoms with E-state index in [0.29, 0.717) is 5.69 Å². The van der Waals surface area contributed by atoms with Gasteiger partial charge in [0.05, 0.1) is 26.0 Å². The molecule has 1 aromatic rings. The van der Waals surface area contributed by atoms with E-state index in [1.807, 2.05) is 0 Å². The van der Waals surface area contributed by atoms with Crippen molar-refractivity contribution in [3.05, 3.63) is 29.6 Å². The fourth-order valence-electron chi connectivity index (χ4n) is 1.27. The van der Waals surface area contributed by atoms with Crippen LogP contribution < -0.4 is 10.6 Å². The van der Waals surface area contributed by atoms with Gasteiger partial charge in [-0.25, -0.2) is 0 Å². The Labute approximate surface area is 115 Å². The van der Waals surface area contributed by atoms with E-state index in [2.05, 4.69) is 20.4 Å². The molecule has 0 aliphatic rings. The molecule has 108 valence electrons. The molecule has 8 heteroatoms. The van der Waals surface area contributed by atoms with Crippen LogP contribution in [0.15, 0.2) is 18.3 Å². The molecule has 0 saturated heterocycles. The fraction of sp³-hybridized carbons (Fsp3) is 0.333. The van der Waals surface area contributed by atoms with Crippen LogP contribution in [0.5, 0.6) is 0 Å². The highest BCUT2D eigenvalue weighted by atomic mass is 16.5. The number of esters is 1. The average molecular weight is 281 g/mol. The number of hydrogen-bond donors (Lipinski definition) is 3. The number of carbonyl (C=O) groups excluding carboxylic acids is 3. The lowest BCUT2D eigenvalue weighted by Crippen LogP contribution is -2.39. The Morgan fingerprint density at radius 2 is 2.05 bits per heavy atom. The fourth-order valence-corrected chi connectivity index (χ4v) is 1.27. The van der Waals surface area contributed by atoms with Crippen LogP contribution in [0.1, 0.15) is 16.1 Å². The topological polar surface area (TPSA) is 118 Å². The van der Waals surface area contributed by atoms with Crippen molar-refractivity contribution < 1.29 is 24.2 Å². The second-order valence-electron chi connectivity index (χ2n) is 3.73. The molecule has 0 aromatic carbocycles. The number of aromatic nitrogens is 1. The Bertz CT molecular complexity index is 504. The molecule has 0 spiro atoms. The Morgan fingerprint density at radius 1 is 1.30 bits per heavy atom. The lowest BCUT2D eigenvalue weighted by molar-refractivity contribution is -0.141. The largest absolute Gasteiger partial charge is 0.468 e. The normalized spacial score (nSPS) is 9.70. The third-order valence-electron chi connectivity index (χ3n) is 2.31. The maximum atomic E-state index is 11.7. The van der Waals surface area contributed by atoms with Crippen LogP contribution in [0.25, 0.3) is 0 Å². The van der Waals surface area contributed by atoms with E-state index in [4.69, 9.17) is 5.11 Å². The summed E-state index contributed by atoms with van der Waals surface area (Å²) in [5, 5.41) is 13.6. The third kappa shape index (κ3) is 5.02. The van der Waals surface area contributed by atoms with Crippen molar-refractivity contribution >= 4 is 17.8 Å². The summed E-state index contributed by atoms with van der Waals surface area (Å²) in [4.78, 5) is 37.7. The van der Waals surface area contributed by atoms with Gasteiger partial charge in [-0.15, -0.1) is 0 Å². The molecule has 1 rings (SSSR count). The number of nitrogens with one attached hydrogen (secondary N) is 2. The molecular formula is C12H15N3O5. The van der Waals surface area contributed by atoms with Gasteiger partial charge in [-0.05, 0) is 12.1 Å². The van der Waals surface area contributed by atoms with Crippen LogP contribution in [0, 0.1) is 0 Å². The standard InChI is InChI=1S/C12H15N3O5/c1-20-11(18)6-14-10(17)5-15-12(19)8-2-3-13-9(4-8)7-16/h2-4,16H,5-7H2,1H3,(H,14,17)(H,15,19). The van der Waals surface area contributed by atoms with Crippen LogP contribution in [0.4, 0.5) is 0 Å². The minimum Gasteiger partial charge on any atom is -0.468 e. The number of rotatable bonds is 6. The molecule has 0 aliphatic carbocycles. The number of hydrogen-bond acceptors (Lipinski definition) is 6. The van der Waals surface area contributed by atoms with E-state index in [0.717, 1.165) is 0 Å². The van der Waals surface area contributed by atoms with Crippen molar-refractivity contribution in [2.75, 3.05) is 20.2 Å². The monoisotopic (exact) mass is 281 g/mol. The number of pyridine rings is 1. The molecule has 0 aliphatic heterocycles. The van der Waals surface area contributed by atoms with Crippen molar-refractivity contribution in [3.63, 3.8) is 0 Å². The minimum absolute atomic E-state index is 0.255. The van der Waals surface area contributed by atoms with Crippen molar-refractivity contribution in [2.45, 2.75) is 6.61 Å². The lowest BCUT2D eigenvalue weighted by atomic mass is 10.2. The number of nitrogens with zero attached hydrogens (tertiary/aromatic N) is 1. The number of ether oxygens (including phenoxy) is 1. The first-order valence-corrected chi connectivity index (χ1v) is 5.74. The van der Waals surface area contributed by atoms with Crippen LogP contribution in [0.3, 0.4) is 0 Å². The van der Waals surface area contributed by atoms with E-state index in [-0.39, 0.29) is 25.3 Å². The SMILES string of the molecule is COC(=O)CNC(=O)CNC(=O)c1ccnc(CO)c1. The summed E-state index contributed by atoms with van der Waals surface area (Å²) >= 11 is 0. The molecular weight excluding hydrogens is 266 g/mol. The molecule has 20 heavy (non-hydrogen) atoms. The highest BCUT2D eigenvalue weighted by Crippen LogP contribution is 2.01. The molecule has 2 amide bonds. The van der Waals surface area contributed by atoms with E-state index in [1.54, 1.807) is 0 Å². The van der Waals surface area contributed by atoms with Gasteiger partial charge in [-0.2, -0.15) is 0 Å². The molecule has 3 N–H and O–H groups in total. The second-order valence-corrected chi connectivity index (χ2v) is 3.73. The highest BCUT2D eigenvalue weighted by Gasteiger charge is 2.10. The molecule has 0 fully saturated rings. The zero-order valence-corrected chi connectivity index (χ0v) is 10.9. The maximum absolute atomic E-state index is 11.7. The first-order chi connectivity index (χ1) is 9.56. The first-order valence-electron chi connectivity index (χ1n) is 5.74. The van der Waals surface area contributed by atoms with Gasteiger partial charge in [0.2, 0.25) is 5.91 Å². The van der Waals surface area contributed by atoms with Gasteiger partial charge in [0.25, 0.3) is 5.91 Å². The van der Waals surface area contributed by atoms with E-state index < -0.39 is 17.8 Å². The number of aliphatic hydroxyl groups is 1. The van der Waals surface area contributed by atoms with Crippen molar-refractivity contribution in [1.82, 2.24) is 15.6 Å². The average Bonchev–Trinajstić information content (AvgIpc) is 2.50. The molecule has 0 atom stereocenters. The molecule has 1 aromatic heterocycles. The summed E-state index contributed by atoms with van der Waals surface area (Å²) in [5.74, 6) is -1.57. The molecule has 1 heterocycles. The Kier molecular flexibility index (Phi) is 6.11. The zero-order valence-electron chi connectivity index (χ0n) is 10.9. The minimum atomic E-state index is -0.577. The van der Waals surface area contributed by atoms with Crippen LogP contribution in [-0.4, -0.2) is 48.1 Å². The Hall–Kier alpha value is -2.48. The summed E-state index contributed by atoms with van der Waals surface area (Å²) in [6.45, 7) is -0.803. The molecule has 0 unspecified atom stereocenters. The second kappa shape index (κ2) is 7.85. The summed E-state index contributed by atoms with van der Waals surface area (Å²) in [6, 6.07) is 2.88. The van der Waals surface area contributed by atoms with Gasteiger partial charge in [0.15, 0.2) is 0 Å². The maximum Gasteiger partial charge on any atom is 0.325 e. The van der Waals surface area contributed by atoms with Gasteiger partial charge < -0.3 is 20.5 Å². The van der Waals surface area contributed by atoms with Crippen LogP contribution in [-0.2, 0) is 20.9 Å². The summed E-state index contributed by atoms with van der Waals surface area (Å²) in [7, 11) is 1.21. The third-order valence-corrected chi connectivity index (χ3v) is 2.31. The van der Waals surface area contributed by atoms with Crippen LogP contribution in [0.2, 0.25) is 0 Å². The summed E-state index contributed by atoms with van der Waals surface area (Å²) in [6.07, 6.45) is 1.39. The highest BCUT2D eigenvalue weighted by molar-refractivity contribution is 5.96. The lowest BCUT2D eigenvalue weighted by Gasteiger charge is -2.06. The molecule has 8 nitrogen and oxygen atoms in total. The van der Waals surface area contributed by atoms with Gasteiger partial charge in [-0.1, -0.05) is 0 Å². The number of aliphatic hydroxyl groups excluding tert-OH is 1. The van der Waals surface area contributed by atoms with E-state index in [1.165, 1.54) is 25.4 Å². The zero-order chi connectivity index (χ0) is 15.0. The van der Waals surface area contributed by atoms with Crippen molar-refractivity contribution in [2.24, 2.45) is 0 Å². The van der Waals surface area contributed by atoms with Gasteiger partial charge in [0.1, 0.15) is 6.54 Å². The number of methoxy groups -OCH3 is 1. The Balaban J connectivity index is 2.42. The van der Waals surface area contributed by atoms with Crippen LogP contribution >= 0.6 is 0 Å². The quantitative estimate of drug-likeness (QED) is 0.552. The molecule has 0 saturated carbocycles. The number of amides is 2. The van der Waals surface area contributed by atoms with Crippen molar-refractivity contribution in [3.8, 4) is 0 Å². The summed E-state index contributed by atoms with van der Waals surface area (Å²) < 4.78 is 4.35. The van der Waals surface area contributed by atoms with E-state index >= 15 is 0 Å². The molecule has 0 bridgehead atoms. The predicted molar refractivity (Wildman–Crippen MR) is 67.5 cm³/mol. The Morgan fingerprint density at radius 3 is 2.70 bits per heavy atom. The van der Waals surface area contributed by atoms with Gasteiger partial charge in [-0.3, -0.25) is 19.4 Å². The smallest absolute Gasteiger partial charge is 0.325 e. The summed E-state index contributed by atoms with van der Waals surface area (Å²) in [5.41, 5.74) is 0.637. The van der Waals surface area contributed by atoms with Gasteiger partial charge in [0, 0.05) is 11.8 Å². The van der Waals surface area contributed by atoms with E-state index in [9.17, 15) is 14.4 Å². The first kappa shape index (κ1) is 15.6. The van der Waals surface area contributed by atoms with Crippen molar-refractivity contribution in [1.29, 1.82) is 0 Å².